The van der Waals surface area contributed by atoms with Crippen LogP contribution in [0.2, 0.25) is 0 Å². The van der Waals surface area contributed by atoms with Crippen molar-refractivity contribution in [2.24, 2.45) is 0 Å². The van der Waals surface area contributed by atoms with Gasteiger partial charge in [0, 0.05) is 38.4 Å². The summed E-state index contributed by atoms with van der Waals surface area (Å²) in [5.74, 6) is 0. The Morgan fingerprint density at radius 1 is 1.16 bits per heavy atom. The summed E-state index contributed by atoms with van der Waals surface area (Å²) in [6.45, 7) is 7.23. The molecule has 0 aliphatic carbocycles. The standard InChI is InChI=1S/C21H29N3O/c1-2-23-17-22-20-19(23)10-14-24(21(20)11-15-25-16-12-21)13-6-9-18-7-4-3-5-8-18/h3-5,7-8,17H,2,6,9-16H2,1H3. The summed E-state index contributed by atoms with van der Waals surface area (Å²) in [5, 5.41) is 0. The van der Waals surface area contributed by atoms with Crippen molar-refractivity contribution in [3.8, 4) is 0 Å². The molecule has 1 aromatic heterocycles. The summed E-state index contributed by atoms with van der Waals surface area (Å²) in [6, 6.07) is 10.8. The maximum Gasteiger partial charge on any atom is 0.0952 e. The average molecular weight is 339 g/mol. The summed E-state index contributed by atoms with van der Waals surface area (Å²) >= 11 is 0. The maximum atomic E-state index is 5.71. The second-order valence-electron chi connectivity index (χ2n) is 7.30. The van der Waals surface area contributed by atoms with Crippen LogP contribution in [0.1, 0.15) is 43.1 Å². The highest BCUT2D eigenvalue weighted by molar-refractivity contribution is 5.28. The predicted molar refractivity (Wildman–Crippen MR) is 99.7 cm³/mol. The number of hydrogen-bond acceptors (Lipinski definition) is 3. The van der Waals surface area contributed by atoms with E-state index in [-0.39, 0.29) is 5.54 Å². The Kier molecular flexibility index (Phi) is 4.91. The smallest absolute Gasteiger partial charge is 0.0952 e. The van der Waals surface area contributed by atoms with E-state index in [1.54, 1.807) is 0 Å². The summed E-state index contributed by atoms with van der Waals surface area (Å²) in [5.41, 5.74) is 4.34. The predicted octanol–water partition coefficient (Wildman–Crippen LogP) is 3.40. The van der Waals surface area contributed by atoms with Gasteiger partial charge in [-0.1, -0.05) is 30.3 Å². The molecule has 2 aliphatic heterocycles. The fourth-order valence-electron chi connectivity index (χ4n) is 4.64. The molecule has 134 valence electrons. The van der Waals surface area contributed by atoms with Gasteiger partial charge in [0.2, 0.25) is 0 Å². The molecule has 2 aliphatic rings. The molecular weight excluding hydrogens is 310 g/mol. The molecule has 3 heterocycles. The number of hydrogen-bond donors (Lipinski definition) is 0. The third-order valence-corrected chi connectivity index (χ3v) is 6.01. The molecular formula is C21H29N3O. The van der Waals surface area contributed by atoms with Crippen molar-refractivity contribution in [3.63, 3.8) is 0 Å². The molecule has 4 nitrogen and oxygen atoms in total. The highest BCUT2D eigenvalue weighted by Gasteiger charge is 2.45. The van der Waals surface area contributed by atoms with Gasteiger partial charge in [-0.2, -0.15) is 0 Å². The summed E-state index contributed by atoms with van der Waals surface area (Å²) < 4.78 is 8.05. The lowest BCUT2D eigenvalue weighted by atomic mass is 9.80. The minimum Gasteiger partial charge on any atom is -0.381 e. The van der Waals surface area contributed by atoms with Crippen LogP contribution in [0.15, 0.2) is 36.7 Å². The Balaban J connectivity index is 1.52. The van der Waals surface area contributed by atoms with Crippen LogP contribution in [0.25, 0.3) is 0 Å². The van der Waals surface area contributed by atoms with Crippen molar-refractivity contribution in [2.75, 3.05) is 26.3 Å². The number of aryl methyl sites for hydroxylation is 2. The minimum absolute atomic E-state index is 0.100. The van der Waals surface area contributed by atoms with Gasteiger partial charge in [0.25, 0.3) is 0 Å². The van der Waals surface area contributed by atoms with E-state index in [1.165, 1.54) is 23.4 Å². The molecule has 0 bridgehead atoms. The lowest BCUT2D eigenvalue weighted by Gasteiger charge is -2.48. The molecule has 0 unspecified atom stereocenters. The lowest BCUT2D eigenvalue weighted by molar-refractivity contribution is -0.0414. The van der Waals surface area contributed by atoms with Crippen molar-refractivity contribution < 1.29 is 4.74 Å². The number of nitrogens with zero attached hydrogens (tertiary/aromatic N) is 3. The van der Waals surface area contributed by atoms with E-state index in [1.807, 2.05) is 0 Å². The Morgan fingerprint density at radius 2 is 1.96 bits per heavy atom. The first-order chi connectivity index (χ1) is 12.3. The number of benzene rings is 1. The minimum atomic E-state index is 0.100. The van der Waals surface area contributed by atoms with Crippen LogP contribution in [0.4, 0.5) is 0 Å². The summed E-state index contributed by atoms with van der Waals surface area (Å²) in [6.07, 6.45) is 7.68. The monoisotopic (exact) mass is 339 g/mol. The van der Waals surface area contributed by atoms with Crippen molar-refractivity contribution in [1.29, 1.82) is 0 Å². The van der Waals surface area contributed by atoms with Crippen LogP contribution in [0, 0.1) is 0 Å². The van der Waals surface area contributed by atoms with Crippen LogP contribution in [-0.4, -0.2) is 40.8 Å². The van der Waals surface area contributed by atoms with Crippen LogP contribution in [0.3, 0.4) is 0 Å². The third kappa shape index (κ3) is 3.13. The fourth-order valence-corrected chi connectivity index (χ4v) is 4.64. The second-order valence-corrected chi connectivity index (χ2v) is 7.30. The first-order valence-electron chi connectivity index (χ1n) is 9.75. The summed E-state index contributed by atoms with van der Waals surface area (Å²) in [7, 11) is 0. The van der Waals surface area contributed by atoms with Gasteiger partial charge in [-0.25, -0.2) is 4.98 Å². The molecule has 2 aromatic rings. The number of ether oxygens (including phenoxy) is 1. The van der Waals surface area contributed by atoms with E-state index in [0.29, 0.717) is 0 Å². The molecule has 1 spiro atoms. The first-order valence-corrected chi connectivity index (χ1v) is 9.75. The van der Waals surface area contributed by atoms with E-state index in [0.717, 1.165) is 58.5 Å². The molecule has 1 aromatic carbocycles. The second kappa shape index (κ2) is 7.30. The van der Waals surface area contributed by atoms with Crippen LogP contribution >= 0.6 is 0 Å². The molecule has 1 saturated heterocycles. The van der Waals surface area contributed by atoms with Crippen molar-refractivity contribution in [3.05, 3.63) is 53.6 Å². The highest BCUT2D eigenvalue weighted by Crippen LogP contribution is 2.42. The van der Waals surface area contributed by atoms with Crippen molar-refractivity contribution in [2.45, 2.75) is 51.1 Å². The number of rotatable bonds is 5. The van der Waals surface area contributed by atoms with Crippen LogP contribution in [0.5, 0.6) is 0 Å². The van der Waals surface area contributed by atoms with Crippen LogP contribution < -0.4 is 0 Å². The average Bonchev–Trinajstić information content (AvgIpc) is 3.10. The van der Waals surface area contributed by atoms with Gasteiger partial charge < -0.3 is 9.30 Å². The Bertz CT molecular complexity index is 688. The molecule has 4 heteroatoms. The number of aromatic nitrogens is 2. The quantitative estimate of drug-likeness (QED) is 0.836. The number of fused-ring (bicyclic) bond motifs is 2. The van der Waals surface area contributed by atoms with Gasteiger partial charge in [0.1, 0.15) is 0 Å². The van der Waals surface area contributed by atoms with E-state index in [4.69, 9.17) is 9.72 Å². The van der Waals surface area contributed by atoms with E-state index in [9.17, 15) is 0 Å². The van der Waals surface area contributed by atoms with Gasteiger partial charge in [-0.15, -0.1) is 0 Å². The zero-order valence-electron chi connectivity index (χ0n) is 15.3. The van der Waals surface area contributed by atoms with E-state index < -0.39 is 0 Å². The Hall–Kier alpha value is -1.65. The SMILES string of the molecule is CCn1cnc2c1CCN(CCCc1ccccc1)C21CCOCC1. The first kappa shape index (κ1) is 16.8. The fraction of sp³-hybridized carbons (Fsp3) is 0.571. The van der Waals surface area contributed by atoms with Crippen molar-refractivity contribution in [1.82, 2.24) is 14.5 Å². The van der Waals surface area contributed by atoms with E-state index in [2.05, 4.69) is 53.0 Å². The maximum absolute atomic E-state index is 5.71. The summed E-state index contributed by atoms with van der Waals surface area (Å²) in [4.78, 5) is 7.60. The lowest BCUT2D eigenvalue weighted by Crippen LogP contribution is -2.54. The largest absolute Gasteiger partial charge is 0.381 e. The van der Waals surface area contributed by atoms with E-state index >= 15 is 0 Å². The molecule has 0 saturated carbocycles. The van der Waals surface area contributed by atoms with Gasteiger partial charge in [-0.05, 0) is 44.7 Å². The molecule has 25 heavy (non-hydrogen) atoms. The molecule has 0 N–H and O–H groups in total. The van der Waals surface area contributed by atoms with Gasteiger partial charge >= 0.3 is 0 Å². The zero-order chi connectivity index (χ0) is 17.1. The van der Waals surface area contributed by atoms with Crippen LogP contribution in [-0.2, 0) is 29.7 Å². The number of imidazole rings is 1. The zero-order valence-corrected chi connectivity index (χ0v) is 15.3. The molecule has 0 amide bonds. The Morgan fingerprint density at radius 3 is 2.72 bits per heavy atom. The molecule has 4 rings (SSSR count). The van der Waals surface area contributed by atoms with Gasteiger partial charge in [0.15, 0.2) is 0 Å². The topological polar surface area (TPSA) is 30.3 Å². The van der Waals surface area contributed by atoms with Gasteiger partial charge in [-0.3, -0.25) is 4.90 Å². The van der Waals surface area contributed by atoms with Gasteiger partial charge in [0.05, 0.1) is 17.6 Å². The molecule has 0 atom stereocenters. The normalized spacial score (nSPS) is 19.9. The molecule has 1 fully saturated rings. The van der Waals surface area contributed by atoms with Crippen molar-refractivity contribution >= 4 is 0 Å². The molecule has 0 radical (unpaired) electrons. The highest BCUT2D eigenvalue weighted by atomic mass is 16.5. The Labute approximate surface area is 150 Å². The third-order valence-electron chi connectivity index (χ3n) is 6.01.